The topological polar surface area (TPSA) is 111 Å². The Balaban J connectivity index is 1.63. The molecule has 0 fully saturated rings. The fourth-order valence-corrected chi connectivity index (χ4v) is 6.35. The molecule has 0 bridgehead atoms. The minimum absolute atomic E-state index is 0.144. The van der Waals surface area contributed by atoms with E-state index < -0.39 is 24.0 Å². The van der Waals surface area contributed by atoms with E-state index in [1.807, 2.05) is 42.2 Å². The Morgan fingerprint density at radius 2 is 1.73 bits per heavy atom. The summed E-state index contributed by atoms with van der Waals surface area (Å²) in [5.74, 6) is 1.70. The molecule has 2 atom stereocenters. The molecule has 3 aromatic carbocycles. The van der Waals surface area contributed by atoms with Gasteiger partial charge >= 0.3 is 0 Å². The van der Waals surface area contributed by atoms with Gasteiger partial charge in [-0.05, 0) is 90.8 Å². The molecule has 1 aliphatic heterocycles. The van der Waals surface area contributed by atoms with E-state index in [2.05, 4.69) is 25.1 Å². The van der Waals surface area contributed by atoms with Gasteiger partial charge in [-0.15, -0.1) is 0 Å². The van der Waals surface area contributed by atoms with E-state index in [1.54, 1.807) is 39.9 Å². The van der Waals surface area contributed by atoms with Crippen molar-refractivity contribution >= 4 is 11.8 Å². The molecule has 9 nitrogen and oxygen atoms in total. The second kappa shape index (κ2) is 15.9. The molecule has 0 radical (unpaired) electrons. The maximum Gasteiger partial charge on any atom is 0.274 e. The van der Waals surface area contributed by atoms with E-state index >= 15 is 0 Å². The van der Waals surface area contributed by atoms with Crippen LogP contribution in [0, 0.1) is 24.8 Å². The Hall–Kier alpha value is -4.98. The van der Waals surface area contributed by atoms with E-state index in [0.717, 1.165) is 36.8 Å². The summed E-state index contributed by atoms with van der Waals surface area (Å²) in [5, 5.41) is 29.2. The SMILES string of the molecule is CCCCN(CCCC)C(=O)c1cc(C)n(-c2ccc(-c3cc(F)cc(C(=O)NC)c3)cc2C(O)N2Cc3ccccc3C[C@H]2C#CO)n1. The molecule has 10 heteroatoms. The van der Waals surface area contributed by atoms with Crippen LogP contribution in [0.1, 0.15) is 89.0 Å². The first kappa shape index (κ1) is 35.3. The molecule has 0 saturated carbocycles. The predicted octanol–water partition coefficient (Wildman–Crippen LogP) is 6.14. The number of aromatic nitrogens is 2. The van der Waals surface area contributed by atoms with E-state index in [-0.39, 0.29) is 11.5 Å². The zero-order valence-corrected chi connectivity index (χ0v) is 28.5. The number of nitrogens with zero attached hydrogens (tertiary/aromatic N) is 4. The van der Waals surface area contributed by atoms with Gasteiger partial charge in [-0.2, -0.15) is 5.10 Å². The zero-order chi connectivity index (χ0) is 35.1. The van der Waals surface area contributed by atoms with Gasteiger partial charge in [0.15, 0.2) is 5.69 Å². The molecular weight excluding hydrogens is 621 g/mol. The third kappa shape index (κ3) is 7.85. The van der Waals surface area contributed by atoms with Crippen molar-refractivity contribution in [1.82, 2.24) is 24.9 Å². The van der Waals surface area contributed by atoms with Crippen molar-refractivity contribution < 1.29 is 24.2 Å². The smallest absolute Gasteiger partial charge is 0.274 e. The number of unbranched alkanes of at least 4 members (excludes halogenated alkanes) is 2. The quantitative estimate of drug-likeness (QED) is 0.157. The van der Waals surface area contributed by atoms with Gasteiger partial charge in [-0.3, -0.25) is 14.5 Å². The fraction of sp³-hybridized carbons (Fsp3) is 0.359. The number of rotatable bonds is 12. The number of carbonyl (C=O) groups is 2. The highest BCUT2D eigenvalue weighted by atomic mass is 19.1. The van der Waals surface area contributed by atoms with Crippen molar-refractivity contribution in [2.75, 3.05) is 20.1 Å². The number of fused-ring (bicyclic) bond motifs is 1. The summed E-state index contributed by atoms with van der Waals surface area (Å²) in [4.78, 5) is 29.8. The summed E-state index contributed by atoms with van der Waals surface area (Å²) in [6, 6.07) is 18.6. The van der Waals surface area contributed by atoms with Crippen LogP contribution < -0.4 is 5.32 Å². The highest BCUT2D eigenvalue weighted by molar-refractivity contribution is 5.95. The zero-order valence-electron chi connectivity index (χ0n) is 28.5. The van der Waals surface area contributed by atoms with Crippen molar-refractivity contribution in [1.29, 1.82) is 0 Å². The largest absolute Gasteiger partial charge is 0.462 e. The van der Waals surface area contributed by atoms with Gasteiger partial charge in [0.05, 0.1) is 11.7 Å². The Bertz CT molecular complexity index is 1870. The lowest BCUT2D eigenvalue weighted by Crippen LogP contribution is -2.42. The predicted molar refractivity (Wildman–Crippen MR) is 187 cm³/mol. The normalized spacial score (nSPS) is 14.8. The van der Waals surface area contributed by atoms with Crippen molar-refractivity contribution in [2.45, 2.75) is 71.7 Å². The lowest BCUT2D eigenvalue weighted by atomic mass is 9.92. The van der Waals surface area contributed by atoms with Gasteiger partial charge in [0.25, 0.3) is 11.8 Å². The average Bonchev–Trinajstić information content (AvgIpc) is 3.51. The molecule has 5 rings (SSSR count). The number of hydrogen-bond donors (Lipinski definition) is 3. The van der Waals surface area contributed by atoms with Crippen molar-refractivity contribution in [2.24, 2.45) is 0 Å². The minimum Gasteiger partial charge on any atom is -0.462 e. The summed E-state index contributed by atoms with van der Waals surface area (Å²) in [6.07, 6.45) is 5.01. The monoisotopic (exact) mass is 665 g/mol. The molecule has 3 N–H and O–H groups in total. The maximum atomic E-state index is 14.8. The molecule has 49 heavy (non-hydrogen) atoms. The standard InChI is InChI=1S/C39H44FN5O4/c1-5-7-16-43(17-8-6-2)39(49)35-19-26(3)45(42-35)36-14-13-28(30-20-31(37(47)41-4)22-32(40)21-30)24-34(36)38(48)44-25-29-12-10-9-11-27(29)23-33(44)15-18-46/h9-14,19-22,24,33,38,46,48H,5-8,16-17,23,25H2,1-4H3,(H,41,47)/t33-,38?/m1/s1. The summed E-state index contributed by atoms with van der Waals surface area (Å²) >= 11 is 0. The first-order valence-electron chi connectivity index (χ1n) is 16.9. The van der Waals surface area contributed by atoms with Gasteiger partial charge in [0, 0.05) is 43.5 Å². The minimum atomic E-state index is -1.24. The number of amides is 2. The molecule has 0 aliphatic carbocycles. The second-order valence-corrected chi connectivity index (χ2v) is 12.5. The third-order valence-electron chi connectivity index (χ3n) is 9.04. The van der Waals surface area contributed by atoms with Crippen LogP contribution in [0.25, 0.3) is 16.8 Å². The Kier molecular flexibility index (Phi) is 11.5. The van der Waals surface area contributed by atoms with Crippen molar-refractivity contribution in [3.63, 3.8) is 0 Å². The third-order valence-corrected chi connectivity index (χ3v) is 9.04. The van der Waals surface area contributed by atoms with Crippen molar-refractivity contribution in [3.05, 3.63) is 106 Å². The van der Waals surface area contributed by atoms with E-state index in [1.165, 1.54) is 19.2 Å². The van der Waals surface area contributed by atoms with Gasteiger partial charge in [-0.1, -0.05) is 57.0 Å². The first-order chi connectivity index (χ1) is 23.7. The van der Waals surface area contributed by atoms with E-state index in [4.69, 9.17) is 5.10 Å². The summed E-state index contributed by atoms with van der Waals surface area (Å²) in [5.41, 5.74) is 5.25. The Morgan fingerprint density at radius 3 is 2.41 bits per heavy atom. The summed E-state index contributed by atoms with van der Waals surface area (Å²) in [6.45, 7) is 7.70. The molecule has 0 saturated heterocycles. The average molecular weight is 666 g/mol. The Labute approximate surface area is 287 Å². The maximum absolute atomic E-state index is 14.8. The van der Waals surface area contributed by atoms with Crippen LogP contribution in [0.2, 0.25) is 0 Å². The number of aliphatic hydroxyl groups excluding tert-OH is 2. The van der Waals surface area contributed by atoms with Gasteiger partial charge in [0.2, 0.25) is 0 Å². The number of carbonyl (C=O) groups excluding carboxylic acids is 2. The number of aryl methyl sites for hydroxylation is 1. The summed E-state index contributed by atoms with van der Waals surface area (Å²) in [7, 11) is 1.48. The molecule has 1 aliphatic rings. The molecule has 256 valence electrons. The van der Waals surface area contributed by atoms with Crippen LogP contribution in [0.3, 0.4) is 0 Å². The van der Waals surface area contributed by atoms with Crippen LogP contribution >= 0.6 is 0 Å². The second-order valence-electron chi connectivity index (χ2n) is 12.5. The van der Waals surface area contributed by atoms with Crippen LogP contribution in [0.15, 0.2) is 66.7 Å². The van der Waals surface area contributed by atoms with Crippen LogP contribution in [-0.4, -0.2) is 67.8 Å². The number of hydrogen-bond acceptors (Lipinski definition) is 6. The van der Waals surface area contributed by atoms with Crippen LogP contribution in [0.4, 0.5) is 4.39 Å². The fourth-order valence-electron chi connectivity index (χ4n) is 6.35. The van der Waals surface area contributed by atoms with Gasteiger partial charge < -0.3 is 20.4 Å². The van der Waals surface area contributed by atoms with E-state index in [9.17, 15) is 24.2 Å². The van der Waals surface area contributed by atoms with Crippen molar-refractivity contribution in [3.8, 4) is 28.8 Å². The molecule has 4 aromatic rings. The molecular formula is C39H44FN5O4. The number of nitrogens with one attached hydrogen (secondary N) is 1. The van der Waals surface area contributed by atoms with Gasteiger partial charge in [-0.25, -0.2) is 9.07 Å². The molecule has 2 heterocycles. The van der Waals surface area contributed by atoms with Crippen LogP contribution in [-0.2, 0) is 13.0 Å². The number of benzene rings is 3. The summed E-state index contributed by atoms with van der Waals surface area (Å²) < 4.78 is 16.5. The number of halogens is 1. The lowest BCUT2D eigenvalue weighted by molar-refractivity contribution is -0.0248. The highest BCUT2D eigenvalue weighted by Gasteiger charge is 2.33. The Morgan fingerprint density at radius 1 is 1.02 bits per heavy atom. The number of aliphatic hydroxyl groups is 2. The molecule has 0 spiro atoms. The van der Waals surface area contributed by atoms with Gasteiger partial charge in [0.1, 0.15) is 18.2 Å². The lowest BCUT2D eigenvalue weighted by Gasteiger charge is -2.38. The van der Waals surface area contributed by atoms with Crippen LogP contribution in [0.5, 0.6) is 0 Å². The van der Waals surface area contributed by atoms with E-state index in [0.29, 0.717) is 59.8 Å². The molecule has 1 unspecified atom stereocenters. The highest BCUT2D eigenvalue weighted by Crippen LogP contribution is 2.36. The molecule has 1 aromatic heterocycles. The first-order valence-corrected chi connectivity index (χ1v) is 16.9. The molecule has 2 amide bonds.